The van der Waals surface area contributed by atoms with Crippen molar-refractivity contribution in [1.82, 2.24) is 9.21 Å². The van der Waals surface area contributed by atoms with Crippen LogP contribution in [0, 0.1) is 11.8 Å². The average Bonchev–Trinajstić information content (AvgIpc) is 3.30. The fourth-order valence-corrected chi connectivity index (χ4v) is 7.36. The van der Waals surface area contributed by atoms with Gasteiger partial charge >= 0.3 is 12.3 Å². The molecule has 0 aliphatic carbocycles. The number of amides is 1. The van der Waals surface area contributed by atoms with E-state index in [1.165, 1.54) is 16.4 Å². The predicted octanol–water partition coefficient (Wildman–Crippen LogP) is 3.72. The molecule has 3 heterocycles. The Balaban J connectivity index is 1.60. The Labute approximate surface area is 174 Å². The largest absolute Gasteiger partial charge is 0.444 e. The Bertz CT molecular complexity index is 938. The highest BCUT2D eigenvalue weighted by Gasteiger charge is 2.61. The molecular weight excluding hydrogens is 421 g/mol. The lowest BCUT2D eigenvalue weighted by Gasteiger charge is -2.28. The molecule has 0 aromatic heterocycles. The van der Waals surface area contributed by atoms with Gasteiger partial charge in [-0.2, -0.15) is 17.5 Å². The molecule has 4 rings (SSSR count). The van der Waals surface area contributed by atoms with Crippen molar-refractivity contribution in [2.24, 2.45) is 11.8 Å². The van der Waals surface area contributed by atoms with Crippen molar-refractivity contribution in [3.05, 3.63) is 29.8 Å². The van der Waals surface area contributed by atoms with E-state index in [9.17, 15) is 26.4 Å². The molecule has 3 aliphatic heterocycles. The van der Waals surface area contributed by atoms with E-state index in [0.717, 1.165) is 12.1 Å². The molecule has 4 atom stereocenters. The van der Waals surface area contributed by atoms with E-state index in [4.69, 9.17) is 4.74 Å². The maximum absolute atomic E-state index is 13.4. The zero-order valence-corrected chi connectivity index (χ0v) is 17.8. The highest BCUT2D eigenvalue weighted by atomic mass is 32.2. The summed E-state index contributed by atoms with van der Waals surface area (Å²) in [5.41, 5.74) is -1.78. The summed E-state index contributed by atoms with van der Waals surface area (Å²) in [6.07, 6.45) is -4.03. The molecule has 0 saturated carbocycles. The zero-order valence-electron chi connectivity index (χ0n) is 17.0. The first-order valence-electron chi connectivity index (χ1n) is 9.98. The van der Waals surface area contributed by atoms with Gasteiger partial charge in [-0.3, -0.25) is 0 Å². The number of nitrogens with zero attached hydrogens (tertiary/aromatic N) is 2. The molecule has 3 aliphatic rings. The number of fused-ring (bicyclic) bond motifs is 5. The number of likely N-dealkylation sites (tertiary alicyclic amines) is 1. The van der Waals surface area contributed by atoms with Crippen LogP contribution in [0.3, 0.4) is 0 Å². The van der Waals surface area contributed by atoms with E-state index < -0.39 is 50.4 Å². The average molecular weight is 446 g/mol. The molecule has 0 radical (unpaired) electrons. The van der Waals surface area contributed by atoms with Crippen LogP contribution in [0.25, 0.3) is 0 Å². The predicted molar refractivity (Wildman–Crippen MR) is 102 cm³/mol. The molecule has 166 valence electrons. The van der Waals surface area contributed by atoms with Gasteiger partial charge < -0.3 is 9.64 Å². The lowest BCUT2D eigenvalue weighted by Crippen LogP contribution is -2.42. The smallest absolute Gasteiger partial charge is 0.417 e. The van der Waals surface area contributed by atoms with Gasteiger partial charge in [0, 0.05) is 25.2 Å². The van der Waals surface area contributed by atoms with Gasteiger partial charge in [0.15, 0.2) is 0 Å². The van der Waals surface area contributed by atoms with Crippen molar-refractivity contribution in [2.45, 2.75) is 62.4 Å². The van der Waals surface area contributed by atoms with Crippen molar-refractivity contribution in [2.75, 3.05) is 13.1 Å². The summed E-state index contributed by atoms with van der Waals surface area (Å²) >= 11 is 0. The summed E-state index contributed by atoms with van der Waals surface area (Å²) in [5.74, 6) is -0.187. The molecule has 10 heteroatoms. The lowest BCUT2D eigenvalue weighted by molar-refractivity contribution is -0.139. The van der Waals surface area contributed by atoms with E-state index in [1.54, 1.807) is 25.7 Å². The molecule has 6 nitrogen and oxygen atoms in total. The molecule has 3 fully saturated rings. The first-order chi connectivity index (χ1) is 13.8. The normalized spacial score (nSPS) is 29.3. The number of alkyl halides is 3. The number of ether oxygens (including phenoxy) is 1. The second-order valence-corrected chi connectivity index (χ2v) is 11.1. The number of rotatable bonds is 2. The van der Waals surface area contributed by atoms with Gasteiger partial charge in [0.25, 0.3) is 0 Å². The summed E-state index contributed by atoms with van der Waals surface area (Å²) in [6, 6.07) is 3.52. The molecule has 1 aromatic rings. The van der Waals surface area contributed by atoms with Crippen molar-refractivity contribution in [3.8, 4) is 0 Å². The summed E-state index contributed by atoms with van der Waals surface area (Å²) in [5, 5.41) is 0. The molecular formula is C20H25F3N2O4S. The van der Waals surface area contributed by atoms with Gasteiger partial charge in [0.05, 0.1) is 10.5 Å². The third-order valence-electron chi connectivity index (χ3n) is 6.21. The SMILES string of the molecule is CC(C)(C)OC(=O)N1C[C@@H]2[C@H](C1)[C@@H]1CC[C@H]2N1S(=O)(=O)c1ccccc1C(F)(F)F. The van der Waals surface area contributed by atoms with Gasteiger partial charge in [-0.05, 0) is 57.6 Å². The number of hydrogen-bond donors (Lipinski definition) is 0. The second-order valence-electron chi connectivity index (χ2n) is 9.25. The first-order valence-corrected chi connectivity index (χ1v) is 11.4. The van der Waals surface area contributed by atoms with Crippen molar-refractivity contribution < 1.29 is 31.1 Å². The van der Waals surface area contributed by atoms with E-state index in [1.807, 2.05) is 0 Å². The minimum atomic E-state index is -4.76. The van der Waals surface area contributed by atoms with E-state index >= 15 is 0 Å². The Morgan fingerprint density at radius 2 is 1.57 bits per heavy atom. The van der Waals surface area contributed by atoms with Gasteiger partial charge in [-0.1, -0.05) is 12.1 Å². The van der Waals surface area contributed by atoms with Gasteiger partial charge in [-0.25, -0.2) is 13.2 Å². The summed E-state index contributed by atoms with van der Waals surface area (Å²) < 4.78 is 73.7. The monoisotopic (exact) mass is 446 g/mol. The zero-order chi connectivity index (χ0) is 22.1. The molecule has 0 spiro atoms. The van der Waals surface area contributed by atoms with Crippen LogP contribution in [0.2, 0.25) is 0 Å². The fourth-order valence-electron chi connectivity index (χ4n) is 5.19. The standard InChI is InChI=1S/C20H25F3N2O4S/c1-19(2,3)29-18(26)24-10-12-13(11-24)16-9-8-15(12)25(16)30(27,28)17-7-5-4-6-14(17)20(21,22)23/h4-7,12-13,15-16H,8-11H2,1-3H3/t12-,13+,15-,16+. The molecule has 1 amide bonds. The van der Waals surface area contributed by atoms with Gasteiger partial charge in [-0.15, -0.1) is 0 Å². The maximum atomic E-state index is 13.4. The number of carbonyl (C=O) groups excluding carboxylic acids is 1. The number of hydrogen-bond acceptors (Lipinski definition) is 4. The number of carbonyl (C=O) groups is 1. The second kappa shape index (κ2) is 6.85. The summed E-state index contributed by atoms with van der Waals surface area (Å²) in [7, 11) is -4.32. The highest BCUT2D eigenvalue weighted by molar-refractivity contribution is 7.89. The molecule has 0 N–H and O–H groups in total. The molecule has 0 unspecified atom stereocenters. The number of halogens is 3. The third kappa shape index (κ3) is 3.47. The third-order valence-corrected chi connectivity index (χ3v) is 8.22. The van der Waals surface area contributed by atoms with Gasteiger partial charge in [0.1, 0.15) is 5.60 Å². The minimum Gasteiger partial charge on any atom is -0.444 e. The summed E-state index contributed by atoms with van der Waals surface area (Å²) in [4.78, 5) is 13.3. The molecule has 1 aromatic carbocycles. The Morgan fingerprint density at radius 3 is 2.07 bits per heavy atom. The van der Waals surface area contributed by atoms with E-state index in [-0.39, 0.29) is 11.8 Å². The molecule has 3 saturated heterocycles. The Kier molecular flexibility index (Phi) is 4.89. The number of benzene rings is 1. The first kappa shape index (κ1) is 21.4. The van der Waals surface area contributed by atoms with Crippen LogP contribution >= 0.6 is 0 Å². The Hall–Kier alpha value is -1.81. The minimum absolute atomic E-state index is 0.0934. The van der Waals surface area contributed by atoms with Crippen molar-refractivity contribution in [3.63, 3.8) is 0 Å². The van der Waals surface area contributed by atoms with E-state index in [0.29, 0.717) is 25.9 Å². The quantitative estimate of drug-likeness (QED) is 0.695. The van der Waals surface area contributed by atoms with Crippen LogP contribution in [-0.2, 0) is 20.9 Å². The number of sulfonamides is 1. The summed E-state index contributed by atoms with van der Waals surface area (Å²) in [6.45, 7) is 6.04. The molecule has 2 bridgehead atoms. The highest BCUT2D eigenvalue weighted by Crippen LogP contribution is 2.52. The Morgan fingerprint density at radius 1 is 1.03 bits per heavy atom. The fraction of sp³-hybridized carbons (Fsp3) is 0.650. The molecule has 30 heavy (non-hydrogen) atoms. The van der Waals surface area contributed by atoms with Crippen molar-refractivity contribution >= 4 is 16.1 Å². The van der Waals surface area contributed by atoms with Crippen LogP contribution in [0.1, 0.15) is 39.2 Å². The van der Waals surface area contributed by atoms with Crippen LogP contribution in [0.15, 0.2) is 29.2 Å². The van der Waals surface area contributed by atoms with E-state index in [2.05, 4.69) is 0 Å². The lowest BCUT2D eigenvalue weighted by atomic mass is 9.82. The van der Waals surface area contributed by atoms with Crippen LogP contribution < -0.4 is 0 Å². The van der Waals surface area contributed by atoms with Crippen LogP contribution in [0.5, 0.6) is 0 Å². The maximum Gasteiger partial charge on any atom is 0.417 e. The van der Waals surface area contributed by atoms with Crippen LogP contribution in [0.4, 0.5) is 18.0 Å². The van der Waals surface area contributed by atoms with Crippen molar-refractivity contribution in [1.29, 1.82) is 0 Å². The van der Waals surface area contributed by atoms with Gasteiger partial charge in [0.2, 0.25) is 10.0 Å². The topological polar surface area (TPSA) is 66.9 Å². The van der Waals surface area contributed by atoms with Crippen LogP contribution in [-0.4, -0.2) is 54.5 Å².